The van der Waals surface area contributed by atoms with E-state index in [4.69, 9.17) is 22.1 Å². The molecule has 0 radical (unpaired) electrons. The summed E-state index contributed by atoms with van der Waals surface area (Å²) in [6.45, 7) is 0.568. The van der Waals surface area contributed by atoms with E-state index < -0.39 is 0 Å². The van der Waals surface area contributed by atoms with Crippen LogP contribution in [-0.4, -0.2) is 12.1 Å². The molecular weight excluding hydrogens is 222 g/mol. The van der Waals surface area contributed by atoms with Gasteiger partial charge < -0.3 is 10.5 Å². The Hall–Kier alpha value is -0.730. The SMILES string of the molecule is NCC1(Oc2ccccc2Cl)CCCCC1. The smallest absolute Gasteiger partial charge is 0.138 e. The van der Waals surface area contributed by atoms with Gasteiger partial charge in [0.05, 0.1) is 5.02 Å². The van der Waals surface area contributed by atoms with Crippen molar-refractivity contribution < 1.29 is 4.74 Å². The van der Waals surface area contributed by atoms with Crippen molar-refractivity contribution in [2.24, 2.45) is 5.73 Å². The Balaban J connectivity index is 2.15. The fourth-order valence-corrected chi connectivity index (χ4v) is 2.48. The lowest BCUT2D eigenvalue weighted by Crippen LogP contribution is -2.45. The molecule has 0 atom stereocenters. The Morgan fingerprint density at radius 1 is 1.19 bits per heavy atom. The Morgan fingerprint density at radius 3 is 2.50 bits per heavy atom. The van der Waals surface area contributed by atoms with E-state index in [9.17, 15) is 0 Å². The third-order valence-corrected chi connectivity index (χ3v) is 3.61. The molecule has 1 aromatic carbocycles. The second kappa shape index (κ2) is 5.07. The molecule has 1 aromatic rings. The van der Waals surface area contributed by atoms with Crippen molar-refractivity contribution in [3.05, 3.63) is 29.3 Å². The summed E-state index contributed by atoms with van der Waals surface area (Å²) in [5.74, 6) is 0.761. The molecule has 16 heavy (non-hydrogen) atoms. The molecule has 0 saturated heterocycles. The molecular formula is C13H18ClNO. The monoisotopic (exact) mass is 239 g/mol. The zero-order valence-electron chi connectivity index (χ0n) is 9.42. The maximum absolute atomic E-state index is 6.10. The predicted molar refractivity (Wildman–Crippen MR) is 67.0 cm³/mol. The maximum Gasteiger partial charge on any atom is 0.138 e. The first-order chi connectivity index (χ1) is 7.76. The van der Waals surface area contributed by atoms with Crippen LogP contribution in [0.4, 0.5) is 0 Å². The van der Waals surface area contributed by atoms with Gasteiger partial charge in [-0.15, -0.1) is 0 Å². The van der Waals surface area contributed by atoms with Gasteiger partial charge in [-0.2, -0.15) is 0 Å². The van der Waals surface area contributed by atoms with E-state index >= 15 is 0 Å². The molecule has 0 aromatic heterocycles. The molecule has 1 fully saturated rings. The lowest BCUT2D eigenvalue weighted by Gasteiger charge is -2.36. The summed E-state index contributed by atoms with van der Waals surface area (Å²) in [6, 6.07) is 7.61. The van der Waals surface area contributed by atoms with E-state index in [1.807, 2.05) is 24.3 Å². The summed E-state index contributed by atoms with van der Waals surface area (Å²) in [7, 11) is 0. The van der Waals surface area contributed by atoms with E-state index in [1.165, 1.54) is 19.3 Å². The Morgan fingerprint density at radius 2 is 1.88 bits per heavy atom. The van der Waals surface area contributed by atoms with Crippen LogP contribution in [0.15, 0.2) is 24.3 Å². The molecule has 88 valence electrons. The molecule has 2 N–H and O–H groups in total. The molecule has 3 heteroatoms. The number of benzene rings is 1. The average molecular weight is 240 g/mol. The van der Waals surface area contributed by atoms with Gasteiger partial charge in [0.15, 0.2) is 0 Å². The third kappa shape index (κ3) is 2.50. The minimum absolute atomic E-state index is 0.191. The maximum atomic E-state index is 6.10. The molecule has 1 aliphatic rings. The number of hydrogen-bond acceptors (Lipinski definition) is 2. The van der Waals surface area contributed by atoms with Gasteiger partial charge in [-0.3, -0.25) is 0 Å². The van der Waals surface area contributed by atoms with Gasteiger partial charge in [0.1, 0.15) is 11.4 Å². The van der Waals surface area contributed by atoms with Crippen molar-refractivity contribution in [1.29, 1.82) is 0 Å². The van der Waals surface area contributed by atoms with E-state index in [0.717, 1.165) is 18.6 Å². The zero-order valence-corrected chi connectivity index (χ0v) is 10.2. The third-order valence-electron chi connectivity index (χ3n) is 3.30. The largest absolute Gasteiger partial charge is 0.484 e. The molecule has 0 heterocycles. The van der Waals surface area contributed by atoms with Gasteiger partial charge in [0.25, 0.3) is 0 Å². The summed E-state index contributed by atoms with van der Waals surface area (Å²) >= 11 is 6.10. The highest BCUT2D eigenvalue weighted by molar-refractivity contribution is 6.32. The van der Waals surface area contributed by atoms with Crippen LogP contribution in [0.3, 0.4) is 0 Å². The lowest BCUT2D eigenvalue weighted by atomic mass is 9.84. The number of para-hydroxylation sites is 1. The fourth-order valence-electron chi connectivity index (χ4n) is 2.30. The van der Waals surface area contributed by atoms with Crippen LogP contribution in [-0.2, 0) is 0 Å². The number of rotatable bonds is 3. The minimum Gasteiger partial charge on any atom is -0.484 e. The van der Waals surface area contributed by atoms with Crippen molar-refractivity contribution in [3.8, 4) is 5.75 Å². The lowest BCUT2D eigenvalue weighted by molar-refractivity contribution is 0.0388. The number of ether oxygens (including phenoxy) is 1. The molecule has 2 rings (SSSR count). The average Bonchev–Trinajstić information content (AvgIpc) is 2.33. The second-order valence-corrected chi connectivity index (χ2v) is 4.89. The van der Waals surface area contributed by atoms with Crippen molar-refractivity contribution in [3.63, 3.8) is 0 Å². The van der Waals surface area contributed by atoms with Gasteiger partial charge in [-0.1, -0.05) is 30.2 Å². The minimum atomic E-state index is -0.191. The normalized spacial score (nSPS) is 19.4. The van der Waals surface area contributed by atoms with Gasteiger partial charge in [-0.25, -0.2) is 0 Å². The molecule has 0 amide bonds. The molecule has 0 aliphatic heterocycles. The van der Waals surface area contributed by atoms with E-state index in [1.54, 1.807) is 0 Å². The van der Waals surface area contributed by atoms with E-state index in [0.29, 0.717) is 11.6 Å². The van der Waals surface area contributed by atoms with Crippen LogP contribution in [0.2, 0.25) is 5.02 Å². The van der Waals surface area contributed by atoms with Crippen molar-refractivity contribution in [1.82, 2.24) is 0 Å². The predicted octanol–water partition coefficient (Wildman–Crippen LogP) is 3.38. The summed E-state index contributed by atoms with van der Waals surface area (Å²) in [4.78, 5) is 0. The first kappa shape index (κ1) is 11.7. The summed E-state index contributed by atoms with van der Waals surface area (Å²) in [5, 5.41) is 0.667. The standard InChI is InChI=1S/C13H18ClNO/c14-11-6-2-3-7-12(11)16-13(10-15)8-4-1-5-9-13/h2-3,6-7H,1,4-5,8-10,15H2. The van der Waals surface area contributed by atoms with Crippen LogP contribution >= 0.6 is 11.6 Å². The van der Waals surface area contributed by atoms with Crippen LogP contribution in [0.5, 0.6) is 5.75 Å². The van der Waals surface area contributed by atoms with Crippen LogP contribution in [0.25, 0.3) is 0 Å². The van der Waals surface area contributed by atoms with Crippen LogP contribution in [0, 0.1) is 0 Å². The van der Waals surface area contributed by atoms with Crippen LogP contribution < -0.4 is 10.5 Å². The Bertz CT molecular complexity index is 348. The van der Waals surface area contributed by atoms with Crippen molar-refractivity contribution in [2.45, 2.75) is 37.7 Å². The highest BCUT2D eigenvalue weighted by Gasteiger charge is 2.33. The number of nitrogens with two attached hydrogens (primary N) is 1. The quantitative estimate of drug-likeness (QED) is 0.878. The fraction of sp³-hybridized carbons (Fsp3) is 0.538. The van der Waals surface area contributed by atoms with Gasteiger partial charge >= 0.3 is 0 Å². The molecule has 2 nitrogen and oxygen atoms in total. The first-order valence-electron chi connectivity index (χ1n) is 5.89. The van der Waals surface area contributed by atoms with Gasteiger partial charge in [0, 0.05) is 6.54 Å². The Labute approximate surface area is 102 Å². The molecule has 0 unspecified atom stereocenters. The van der Waals surface area contributed by atoms with E-state index in [-0.39, 0.29) is 5.60 Å². The first-order valence-corrected chi connectivity index (χ1v) is 6.27. The van der Waals surface area contributed by atoms with Crippen molar-refractivity contribution >= 4 is 11.6 Å². The van der Waals surface area contributed by atoms with Gasteiger partial charge in [0.2, 0.25) is 0 Å². The van der Waals surface area contributed by atoms with Crippen LogP contribution in [0.1, 0.15) is 32.1 Å². The Kier molecular flexibility index (Phi) is 3.72. The summed E-state index contributed by atoms with van der Waals surface area (Å²) in [6.07, 6.45) is 5.75. The molecule has 0 bridgehead atoms. The second-order valence-electron chi connectivity index (χ2n) is 4.48. The molecule has 1 aliphatic carbocycles. The highest BCUT2D eigenvalue weighted by Crippen LogP contribution is 2.35. The number of hydrogen-bond donors (Lipinski definition) is 1. The zero-order chi connectivity index (χ0) is 11.4. The number of halogens is 1. The summed E-state index contributed by atoms with van der Waals surface area (Å²) < 4.78 is 6.07. The molecule has 1 saturated carbocycles. The topological polar surface area (TPSA) is 35.2 Å². The van der Waals surface area contributed by atoms with E-state index in [2.05, 4.69) is 0 Å². The van der Waals surface area contributed by atoms with Gasteiger partial charge in [-0.05, 0) is 37.8 Å². The summed E-state index contributed by atoms with van der Waals surface area (Å²) in [5.41, 5.74) is 5.68. The van der Waals surface area contributed by atoms with Crippen molar-refractivity contribution in [2.75, 3.05) is 6.54 Å². The highest BCUT2D eigenvalue weighted by atomic mass is 35.5. The molecule has 0 spiro atoms.